The van der Waals surface area contributed by atoms with Crippen LogP contribution in [0.1, 0.15) is 21.5 Å². The number of halogens is 1. The van der Waals surface area contributed by atoms with Crippen LogP contribution in [0, 0.1) is 0 Å². The number of rotatable bonds is 4. The van der Waals surface area contributed by atoms with Crippen LogP contribution in [0.15, 0.2) is 48.5 Å². The average Bonchev–Trinajstić information content (AvgIpc) is 2.45. The quantitative estimate of drug-likeness (QED) is 0.854. The predicted molar refractivity (Wildman–Crippen MR) is 85.0 cm³/mol. The van der Waals surface area contributed by atoms with Crippen LogP contribution in [0.3, 0.4) is 0 Å². The maximum absolute atomic E-state index is 12.0. The first-order chi connectivity index (χ1) is 9.56. The molecule has 0 saturated heterocycles. The van der Waals surface area contributed by atoms with Gasteiger partial charge in [0.05, 0.1) is 0 Å². The average molecular weight is 305 g/mol. The molecule has 2 aromatic carbocycles. The van der Waals surface area contributed by atoms with Crippen molar-refractivity contribution in [2.75, 3.05) is 0 Å². The van der Waals surface area contributed by atoms with E-state index in [-0.39, 0.29) is 5.91 Å². The molecule has 5 heteroatoms. The Morgan fingerprint density at radius 2 is 1.85 bits per heavy atom. The summed E-state index contributed by atoms with van der Waals surface area (Å²) in [6.45, 7) is 0.405. The van der Waals surface area contributed by atoms with Crippen molar-refractivity contribution in [3.8, 4) is 0 Å². The van der Waals surface area contributed by atoms with Gasteiger partial charge in [-0.2, -0.15) is 0 Å². The third-order valence-electron chi connectivity index (χ3n) is 2.75. The van der Waals surface area contributed by atoms with Crippen LogP contribution in [-0.2, 0) is 6.54 Å². The van der Waals surface area contributed by atoms with Crippen molar-refractivity contribution < 1.29 is 4.79 Å². The third kappa shape index (κ3) is 3.79. The number of nitrogens with two attached hydrogens (primary N) is 1. The van der Waals surface area contributed by atoms with Crippen molar-refractivity contribution in [3.63, 3.8) is 0 Å². The van der Waals surface area contributed by atoms with Gasteiger partial charge in [-0.05, 0) is 29.8 Å². The van der Waals surface area contributed by atoms with Gasteiger partial charge in [0.25, 0.3) is 5.91 Å². The van der Waals surface area contributed by atoms with Gasteiger partial charge in [-0.15, -0.1) is 0 Å². The number of carbonyl (C=O) groups is 1. The van der Waals surface area contributed by atoms with E-state index in [1.165, 1.54) is 0 Å². The number of hydrogen-bond donors (Lipinski definition) is 2. The van der Waals surface area contributed by atoms with Crippen molar-refractivity contribution in [2.24, 2.45) is 5.73 Å². The maximum Gasteiger partial charge on any atom is 0.251 e. The lowest BCUT2D eigenvalue weighted by Gasteiger charge is -2.07. The first-order valence-corrected chi connectivity index (χ1v) is 6.77. The molecule has 2 aromatic rings. The Morgan fingerprint density at radius 3 is 2.55 bits per heavy atom. The minimum atomic E-state index is -0.173. The first kappa shape index (κ1) is 14.5. The molecule has 3 nitrogen and oxygen atoms in total. The topological polar surface area (TPSA) is 55.1 Å². The van der Waals surface area contributed by atoms with E-state index in [9.17, 15) is 4.79 Å². The lowest BCUT2D eigenvalue weighted by atomic mass is 10.1. The van der Waals surface area contributed by atoms with E-state index in [1.807, 2.05) is 24.3 Å². The van der Waals surface area contributed by atoms with Gasteiger partial charge >= 0.3 is 0 Å². The maximum atomic E-state index is 12.0. The smallest absolute Gasteiger partial charge is 0.251 e. The summed E-state index contributed by atoms with van der Waals surface area (Å²) in [4.78, 5) is 12.3. The summed E-state index contributed by atoms with van der Waals surface area (Å²) >= 11 is 10.8. The molecule has 0 aliphatic carbocycles. The van der Waals surface area contributed by atoms with Gasteiger partial charge in [0.1, 0.15) is 4.99 Å². The molecule has 0 saturated carbocycles. The molecule has 2 rings (SSSR count). The SMILES string of the molecule is NC(=S)c1cccc(CNC(=O)c2cccc(Cl)c2)c1. The Hall–Kier alpha value is -1.91. The predicted octanol–water partition coefficient (Wildman–Crippen LogP) is 2.90. The first-order valence-electron chi connectivity index (χ1n) is 5.99. The summed E-state index contributed by atoms with van der Waals surface area (Å²) in [5.74, 6) is -0.173. The molecular weight excluding hydrogens is 292 g/mol. The van der Waals surface area contributed by atoms with Crippen molar-refractivity contribution in [2.45, 2.75) is 6.54 Å². The molecular formula is C15H13ClN2OS. The van der Waals surface area contributed by atoms with Crippen LogP contribution in [0.2, 0.25) is 5.02 Å². The Morgan fingerprint density at radius 1 is 1.15 bits per heavy atom. The highest BCUT2D eigenvalue weighted by Gasteiger charge is 2.06. The summed E-state index contributed by atoms with van der Waals surface area (Å²) in [6.07, 6.45) is 0. The van der Waals surface area contributed by atoms with Crippen molar-refractivity contribution >= 4 is 34.7 Å². The fourth-order valence-corrected chi connectivity index (χ4v) is 2.07. The van der Waals surface area contributed by atoms with Gasteiger partial charge in [-0.25, -0.2) is 0 Å². The van der Waals surface area contributed by atoms with Gasteiger partial charge in [-0.1, -0.05) is 48.1 Å². The molecule has 0 atom stereocenters. The van der Waals surface area contributed by atoms with Crippen molar-refractivity contribution in [1.29, 1.82) is 0 Å². The largest absolute Gasteiger partial charge is 0.389 e. The Kier molecular flexibility index (Phi) is 4.71. The molecule has 0 heterocycles. The molecule has 102 valence electrons. The molecule has 0 spiro atoms. The highest BCUT2D eigenvalue weighted by atomic mass is 35.5. The molecule has 0 aliphatic rings. The molecule has 0 radical (unpaired) electrons. The fourth-order valence-electron chi connectivity index (χ4n) is 1.75. The second kappa shape index (κ2) is 6.50. The van der Waals surface area contributed by atoms with Crippen LogP contribution >= 0.6 is 23.8 Å². The normalized spacial score (nSPS) is 10.1. The number of thiocarbonyl (C=S) groups is 1. The van der Waals surface area contributed by atoms with Crippen molar-refractivity contribution in [1.82, 2.24) is 5.32 Å². The number of benzene rings is 2. The number of hydrogen-bond acceptors (Lipinski definition) is 2. The highest BCUT2D eigenvalue weighted by Crippen LogP contribution is 2.11. The Balaban J connectivity index is 2.03. The van der Waals surface area contributed by atoms with Crippen LogP contribution in [0.5, 0.6) is 0 Å². The highest BCUT2D eigenvalue weighted by molar-refractivity contribution is 7.80. The van der Waals surface area contributed by atoms with E-state index in [2.05, 4.69) is 5.32 Å². The third-order valence-corrected chi connectivity index (χ3v) is 3.22. The molecule has 20 heavy (non-hydrogen) atoms. The van der Waals surface area contributed by atoms with E-state index in [1.54, 1.807) is 24.3 Å². The number of nitrogens with one attached hydrogen (secondary N) is 1. The van der Waals surface area contributed by atoms with Gasteiger partial charge < -0.3 is 11.1 Å². The van der Waals surface area contributed by atoms with Crippen LogP contribution in [-0.4, -0.2) is 10.9 Å². The second-order valence-corrected chi connectivity index (χ2v) is 5.13. The van der Waals surface area contributed by atoms with E-state index in [0.717, 1.165) is 11.1 Å². The Labute approximate surface area is 127 Å². The lowest BCUT2D eigenvalue weighted by Crippen LogP contribution is -2.23. The molecule has 3 N–H and O–H groups in total. The van der Waals surface area contributed by atoms with Gasteiger partial charge in [0.15, 0.2) is 0 Å². The van der Waals surface area contributed by atoms with Gasteiger partial charge in [-0.3, -0.25) is 4.79 Å². The van der Waals surface area contributed by atoms with E-state index >= 15 is 0 Å². The number of carbonyl (C=O) groups excluding carboxylic acids is 1. The van der Waals surface area contributed by atoms with Gasteiger partial charge in [0.2, 0.25) is 0 Å². The zero-order chi connectivity index (χ0) is 14.5. The summed E-state index contributed by atoms with van der Waals surface area (Å²) in [5, 5.41) is 3.36. The molecule has 0 unspecified atom stereocenters. The summed E-state index contributed by atoms with van der Waals surface area (Å²) < 4.78 is 0. The molecule has 1 amide bonds. The zero-order valence-corrected chi connectivity index (χ0v) is 12.2. The van der Waals surface area contributed by atoms with Crippen LogP contribution in [0.25, 0.3) is 0 Å². The summed E-state index contributed by atoms with van der Waals surface area (Å²) in [6, 6.07) is 14.3. The van der Waals surface area contributed by atoms with Crippen molar-refractivity contribution in [3.05, 3.63) is 70.2 Å². The van der Waals surface area contributed by atoms with Crippen LogP contribution < -0.4 is 11.1 Å². The number of amides is 1. The molecule has 0 aliphatic heterocycles. The lowest BCUT2D eigenvalue weighted by molar-refractivity contribution is 0.0951. The molecule has 0 fully saturated rings. The summed E-state index contributed by atoms with van der Waals surface area (Å²) in [5.41, 5.74) is 7.83. The standard InChI is InChI=1S/C15H13ClN2OS/c16-13-6-2-5-12(8-13)15(19)18-9-10-3-1-4-11(7-10)14(17)20/h1-8H,9H2,(H2,17,20)(H,18,19). The minimum absolute atomic E-state index is 0.173. The molecule has 0 bridgehead atoms. The summed E-state index contributed by atoms with van der Waals surface area (Å²) in [7, 11) is 0. The fraction of sp³-hybridized carbons (Fsp3) is 0.0667. The van der Waals surface area contributed by atoms with E-state index in [4.69, 9.17) is 29.6 Å². The minimum Gasteiger partial charge on any atom is -0.389 e. The monoisotopic (exact) mass is 304 g/mol. The Bertz CT molecular complexity index is 658. The van der Waals surface area contributed by atoms with E-state index in [0.29, 0.717) is 22.1 Å². The van der Waals surface area contributed by atoms with Crippen LogP contribution in [0.4, 0.5) is 0 Å². The second-order valence-electron chi connectivity index (χ2n) is 4.26. The zero-order valence-electron chi connectivity index (χ0n) is 10.6. The molecule has 0 aromatic heterocycles. The van der Waals surface area contributed by atoms with Gasteiger partial charge in [0, 0.05) is 22.7 Å². The van der Waals surface area contributed by atoms with E-state index < -0.39 is 0 Å².